The molecule has 11 heteroatoms. The van der Waals surface area contributed by atoms with Gasteiger partial charge in [0, 0.05) is 24.8 Å². The third-order valence-corrected chi connectivity index (χ3v) is 4.06. The summed E-state index contributed by atoms with van der Waals surface area (Å²) in [6.45, 7) is 1.55. The number of ketones is 1. The molecular formula is C20H14F5N3O3. The number of nitrogens with zero attached hydrogens (tertiary/aromatic N) is 2. The Balaban J connectivity index is 1.64. The number of hydrogen-bond acceptors (Lipinski definition) is 4. The van der Waals surface area contributed by atoms with Crippen LogP contribution >= 0.6 is 0 Å². The van der Waals surface area contributed by atoms with Crippen LogP contribution in [0.3, 0.4) is 0 Å². The van der Waals surface area contributed by atoms with Gasteiger partial charge in [-0.15, -0.1) is 0 Å². The van der Waals surface area contributed by atoms with E-state index in [1.54, 1.807) is 6.07 Å². The Labute approximate surface area is 172 Å². The molecule has 31 heavy (non-hydrogen) atoms. The summed E-state index contributed by atoms with van der Waals surface area (Å²) in [6, 6.07) is 4.25. The molecule has 1 N–H and O–H groups in total. The summed E-state index contributed by atoms with van der Waals surface area (Å²) < 4.78 is 71.9. The number of carbonyl (C=O) groups is 2. The molecule has 0 aliphatic rings. The zero-order valence-electron chi connectivity index (χ0n) is 15.8. The molecule has 6 nitrogen and oxygen atoms in total. The van der Waals surface area contributed by atoms with Crippen molar-refractivity contribution in [3.05, 3.63) is 77.0 Å². The summed E-state index contributed by atoms with van der Waals surface area (Å²) in [5.74, 6) is -4.05. The Morgan fingerprint density at radius 2 is 1.90 bits per heavy atom. The third kappa shape index (κ3) is 5.24. The van der Waals surface area contributed by atoms with Crippen LogP contribution in [0.4, 0.5) is 27.6 Å². The summed E-state index contributed by atoms with van der Waals surface area (Å²) in [7, 11) is 0. The maximum absolute atomic E-state index is 13.8. The molecule has 0 radical (unpaired) electrons. The van der Waals surface area contributed by atoms with Crippen LogP contribution < -0.4 is 5.32 Å². The number of aromatic nitrogens is 2. The van der Waals surface area contributed by atoms with Crippen molar-refractivity contribution in [1.82, 2.24) is 9.78 Å². The molecule has 1 amide bonds. The Kier molecular flexibility index (Phi) is 6.04. The number of alkyl halides is 3. The number of hydrogen-bond donors (Lipinski definition) is 1. The average Bonchev–Trinajstić information content (AvgIpc) is 3.32. The van der Waals surface area contributed by atoms with E-state index in [2.05, 4.69) is 10.4 Å². The molecule has 0 atom stereocenters. The van der Waals surface area contributed by atoms with Crippen LogP contribution in [0.5, 0.6) is 0 Å². The van der Waals surface area contributed by atoms with Crippen molar-refractivity contribution in [3.8, 4) is 0 Å². The van der Waals surface area contributed by atoms with Crippen LogP contribution in [0.25, 0.3) is 6.08 Å². The zero-order chi connectivity index (χ0) is 22.8. The molecule has 2 aromatic heterocycles. The topological polar surface area (TPSA) is 77.1 Å². The summed E-state index contributed by atoms with van der Waals surface area (Å²) in [6.07, 6.45) is -0.564. The van der Waals surface area contributed by atoms with Gasteiger partial charge in [-0.1, -0.05) is 6.07 Å². The van der Waals surface area contributed by atoms with E-state index in [0.29, 0.717) is 11.8 Å². The van der Waals surface area contributed by atoms with Crippen LogP contribution in [0.1, 0.15) is 34.4 Å². The van der Waals surface area contributed by atoms with Gasteiger partial charge in [0.15, 0.2) is 23.2 Å². The van der Waals surface area contributed by atoms with Crippen molar-refractivity contribution < 1.29 is 36.0 Å². The van der Waals surface area contributed by atoms with E-state index in [9.17, 15) is 31.5 Å². The Hall–Kier alpha value is -3.76. The first-order valence-electron chi connectivity index (χ1n) is 8.71. The molecule has 0 aliphatic heterocycles. The lowest BCUT2D eigenvalue weighted by Crippen LogP contribution is -2.10. The average molecular weight is 439 g/mol. The maximum Gasteiger partial charge on any atom is 0.419 e. The van der Waals surface area contributed by atoms with E-state index in [1.807, 2.05) is 0 Å². The van der Waals surface area contributed by atoms with Gasteiger partial charge in [-0.05, 0) is 24.3 Å². The summed E-state index contributed by atoms with van der Waals surface area (Å²) in [5, 5.41) is 6.43. The Bertz CT molecular complexity index is 1160. The smallest absolute Gasteiger partial charge is 0.419 e. The second-order valence-electron chi connectivity index (χ2n) is 6.40. The van der Waals surface area contributed by atoms with E-state index in [-0.39, 0.29) is 23.8 Å². The standard InChI is InChI=1S/C20H14F5N3O3/c1-11(29)16-6-4-14(31-16)10-28-9-13(8-26-28)27-17(30)7-3-12-2-5-15(20(23,24)25)19(22)18(12)21/h2-9H,10H2,1H3,(H,27,30)/b7-3-. The van der Waals surface area contributed by atoms with Crippen molar-refractivity contribution in [1.29, 1.82) is 0 Å². The molecule has 3 aromatic rings. The fourth-order valence-electron chi connectivity index (χ4n) is 2.59. The number of halogens is 5. The van der Waals surface area contributed by atoms with Gasteiger partial charge in [-0.25, -0.2) is 8.78 Å². The lowest BCUT2D eigenvalue weighted by Gasteiger charge is -2.09. The lowest BCUT2D eigenvalue weighted by atomic mass is 10.1. The van der Waals surface area contributed by atoms with Gasteiger partial charge in [0.2, 0.25) is 5.91 Å². The minimum atomic E-state index is -5.03. The van der Waals surface area contributed by atoms with Crippen molar-refractivity contribution in [2.45, 2.75) is 19.6 Å². The first-order valence-corrected chi connectivity index (χ1v) is 8.71. The molecule has 2 heterocycles. The largest absolute Gasteiger partial charge is 0.456 e. The highest BCUT2D eigenvalue weighted by atomic mass is 19.4. The third-order valence-electron chi connectivity index (χ3n) is 4.06. The van der Waals surface area contributed by atoms with Crippen molar-refractivity contribution >= 4 is 23.5 Å². The van der Waals surface area contributed by atoms with Crippen LogP contribution in [0.15, 0.2) is 47.2 Å². The molecule has 162 valence electrons. The lowest BCUT2D eigenvalue weighted by molar-refractivity contribution is -0.140. The summed E-state index contributed by atoms with van der Waals surface area (Å²) in [5.41, 5.74) is -1.98. The number of nitrogens with one attached hydrogen (secondary N) is 1. The van der Waals surface area contributed by atoms with Crippen molar-refractivity contribution in [2.24, 2.45) is 0 Å². The Morgan fingerprint density at radius 3 is 2.55 bits per heavy atom. The second-order valence-corrected chi connectivity index (χ2v) is 6.40. The maximum atomic E-state index is 13.8. The van der Waals surface area contributed by atoms with Crippen molar-refractivity contribution in [3.63, 3.8) is 0 Å². The van der Waals surface area contributed by atoms with Gasteiger partial charge in [-0.2, -0.15) is 18.3 Å². The van der Waals surface area contributed by atoms with Crippen LogP contribution in [-0.4, -0.2) is 21.5 Å². The van der Waals surface area contributed by atoms with Gasteiger partial charge in [0.25, 0.3) is 0 Å². The van der Waals surface area contributed by atoms with Crippen molar-refractivity contribution in [2.75, 3.05) is 5.32 Å². The molecule has 0 unspecified atom stereocenters. The van der Waals surface area contributed by atoms with Gasteiger partial charge < -0.3 is 9.73 Å². The molecule has 0 fully saturated rings. The number of benzene rings is 1. The highest BCUT2D eigenvalue weighted by Crippen LogP contribution is 2.33. The first-order chi connectivity index (χ1) is 14.5. The molecule has 1 aromatic carbocycles. The predicted octanol–water partition coefficient (Wildman–Crippen LogP) is 4.68. The van der Waals surface area contributed by atoms with E-state index in [0.717, 1.165) is 18.2 Å². The van der Waals surface area contributed by atoms with E-state index < -0.39 is 34.8 Å². The zero-order valence-corrected chi connectivity index (χ0v) is 15.8. The highest BCUT2D eigenvalue weighted by Gasteiger charge is 2.35. The molecule has 0 saturated heterocycles. The quantitative estimate of drug-likeness (QED) is 0.344. The number of anilines is 1. The van der Waals surface area contributed by atoms with Crippen LogP contribution in [0, 0.1) is 11.6 Å². The van der Waals surface area contributed by atoms with Crippen LogP contribution in [0.2, 0.25) is 0 Å². The van der Waals surface area contributed by atoms with E-state index in [1.165, 1.54) is 30.1 Å². The first kappa shape index (κ1) is 21.9. The highest BCUT2D eigenvalue weighted by molar-refractivity contribution is 6.01. The Morgan fingerprint density at radius 1 is 1.16 bits per heavy atom. The van der Waals surface area contributed by atoms with Gasteiger partial charge in [-0.3, -0.25) is 14.3 Å². The number of carbonyl (C=O) groups excluding carboxylic acids is 2. The molecular weight excluding hydrogens is 425 g/mol. The summed E-state index contributed by atoms with van der Waals surface area (Å²) >= 11 is 0. The number of Topliss-reactive ketones (excluding diaryl/α,β-unsaturated/α-hetero) is 1. The molecule has 0 saturated carbocycles. The molecule has 3 rings (SSSR count). The minimum absolute atomic E-state index is 0.190. The fraction of sp³-hybridized carbons (Fsp3) is 0.150. The van der Waals surface area contributed by atoms with E-state index >= 15 is 0 Å². The predicted molar refractivity (Wildman–Crippen MR) is 99.1 cm³/mol. The normalized spacial score (nSPS) is 11.8. The summed E-state index contributed by atoms with van der Waals surface area (Å²) in [4.78, 5) is 23.2. The molecule has 0 bridgehead atoms. The minimum Gasteiger partial charge on any atom is -0.456 e. The van der Waals surface area contributed by atoms with Gasteiger partial charge >= 0.3 is 6.18 Å². The van der Waals surface area contributed by atoms with Crippen LogP contribution in [-0.2, 0) is 17.5 Å². The molecule has 0 aliphatic carbocycles. The van der Waals surface area contributed by atoms with E-state index in [4.69, 9.17) is 4.42 Å². The molecule has 0 spiro atoms. The SMILES string of the molecule is CC(=O)c1ccc(Cn2cc(NC(=O)/C=C\c3ccc(C(F)(F)F)c(F)c3F)cn2)o1. The fourth-order valence-corrected chi connectivity index (χ4v) is 2.59. The number of rotatable bonds is 6. The van der Waals surface area contributed by atoms with Gasteiger partial charge in [0.1, 0.15) is 5.76 Å². The second kappa shape index (κ2) is 8.54. The number of amides is 1. The van der Waals surface area contributed by atoms with Gasteiger partial charge in [0.05, 0.1) is 24.0 Å². The number of furan rings is 1. The monoisotopic (exact) mass is 439 g/mol.